The van der Waals surface area contributed by atoms with E-state index in [0.29, 0.717) is 28.8 Å². The average Bonchev–Trinajstić information content (AvgIpc) is 2.96. The third-order valence-corrected chi connectivity index (χ3v) is 4.03. The summed E-state index contributed by atoms with van der Waals surface area (Å²) in [4.78, 5) is 15.1. The second-order valence-electron chi connectivity index (χ2n) is 4.29. The molecule has 20 heavy (non-hydrogen) atoms. The van der Waals surface area contributed by atoms with Crippen LogP contribution in [0.3, 0.4) is 0 Å². The minimum Gasteiger partial charge on any atom is -0.395 e. The van der Waals surface area contributed by atoms with E-state index in [1.54, 1.807) is 17.9 Å². The number of aromatic nitrogens is 2. The summed E-state index contributed by atoms with van der Waals surface area (Å²) < 4.78 is 0.695. The fraction of sp³-hybridized carbons (Fsp3) is 0.231. The van der Waals surface area contributed by atoms with Crippen LogP contribution in [-0.2, 0) is 6.54 Å². The van der Waals surface area contributed by atoms with E-state index >= 15 is 0 Å². The summed E-state index contributed by atoms with van der Waals surface area (Å²) in [7, 11) is 0. The summed E-state index contributed by atoms with van der Waals surface area (Å²) in [6, 6.07) is 3.71. The van der Waals surface area contributed by atoms with Crippen LogP contribution in [0.5, 0.6) is 0 Å². The Bertz CT molecular complexity index is 634. The van der Waals surface area contributed by atoms with E-state index in [2.05, 4.69) is 16.8 Å². The van der Waals surface area contributed by atoms with Crippen molar-refractivity contribution in [1.29, 1.82) is 0 Å². The lowest BCUT2D eigenvalue weighted by atomic mass is 10.2. The Morgan fingerprint density at radius 2 is 2.40 bits per heavy atom. The predicted molar refractivity (Wildman–Crippen MR) is 82.0 cm³/mol. The molecule has 0 aliphatic heterocycles. The lowest BCUT2D eigenvalue weighted by Crippen LogP contribution is -2.31. The Balaban J connectivity index is 2.21. The molecule has 0 radical (unpaired) electrons. The first-order chi connectivity index (χ1) is 9.52. The van der Waals surface area contributed by atoms with Gasteiger partial charge in [-0.25, -0.2) is 0 Å². The zero-order valence-corrected chi connectivity index (χ0v) is 12.6. The number of aryl methyl sites for hydroxylation is 1. The molecule has 0 fully saturated rings. The maximum absolute atomic E-state index is 12.5. The molecule has 0 atom stereocenters. The molecule has 7 heteroatoms. The maximum atomic E-state index is 12.5. The topological polar surface area (TPSA) is 75.0 Å². The fourth-order valence-corrected chi connectivity index (χ4v) is 2.85. The highest BCUT2D eigenvalue weighted by Crippen LogP contribution is 2.24. The number of thiophene rings is 1. The smallest absolute Gasteiger partial charge is 0.277 e. The van der Waals surface area contributed by atoms with E-state index in [1.807, 2.05) is 12.1 Å². The molecule has 2 heterocycles. The number of H-pyrrole nitrogens is 1. The largest absolute Gasteiger partial charge is 0.395 e. The molecule has 5 nitrogen and oxygen atoms in total. The Morgan fingerprint density at radius 3 is 2.90 bits per heavy atom. The Labute approximate surface area is 126 Å². The number of halogens is 1. The minimum absolute atomic E-state index is 0.226. The van der Waals surface area contributed by atoms with Gasteiger partial charge in [-0.1, -0.05) is 17.7 Å². The monoisotopic (exact) mass is 310 g/mol. The Hall–Kier alpha value is -1.79. The van der Waals surface area contributed by atoms with Crippen molar-refractivity contribution in [3.05, 3.63) is 45.4 Å². The van der Waals surface area contributed by atoms with Crippen molar-refractivity contribution < 1.29 is 4.79 Å². The van der Waals surface area contributed by atoms with E-state index in [-0.39, 0.29) is 11.6 Å². The molecule has 2 rings (SSSR count). The van der Waals surface area contributed by atoms with Gasteiger partial charge >= 0.3 is 0 Å². The van der Waals surface area contributed by atoms with Crippen LogP contribution in [0, 0.1) is 6.92 Å². The van der Waals surface area contributed by atoms with E-state index in [9.17, 15) is 4.79 Å². The number of carbonyl (C=O) groups excluding carboxylic acids is 1. The summed E-state index contributed by atoms with van der Waals surface area (Å²) in [6.07, 6.45) is 1.67. The first-order valence-corrected chi connectivity index (χ1v) is 7.17. The molecule has 0 bridgehead atoms. The minimum atomic E-state index is -0.226. The molecule has 2 aromatic heterocycles. The Kier molecular flexibility index (Phi) is 4.46. The summed E-state index contributed by atoms with van der Waals surface area (Å²) in [5.41, 5.74) is 7.16. The average molecular weight is 311 g/mol. The van der Waals surface area contributed by atoms with Gasteiger partial charge in [0.05, 0.1) is 22.3 Å². The number of nitrogens with two attached hydrogens (primary N) is 1. The van der Waals surface area contributed by atoms with Crippen LogP contribution in [0.4, 0.5) is 5.69 Å². The van der Waals surface area contributed by atoms with E-state index in [0.717, 1.165) is 4.88 Å². The summed E-state index contributed by atoms with van der Waals surface area (Å²) >= 11 is 7.35. The van der Waals surface area contributed by atoms with Crippen LogP contribution in [-0.4, -0.2) is 27.5 Å². The van der Waals surface area contributed by atoms with Gasteiger partial charge < -0.3 is 10.6 Å². The number of aromatic amines is 1. The van der Waals surface area contributed by atoms with Crippen LogP contribution >= 0.6 is 22.9 Å². The summed E-state index contributed by atoms with van der Waals surface area (Å²) in [6.45, 7) is 6.32. The number of hydrogen-bond acceptors (Lipinski definition) is 4. The quantitative estimate of drug-likeness (QED) is 0.834. The molecular formula is C13H15ClN4OS. The van der Waals surface area contributed by atoms with E-state index in [4.69, 9.17) is 17.3 Å². The van der Waals surface area contributed by atoms with Gasteiger partial charge in [0.1, 0.15) is 0 Å². The SMILES string of the molecule is C=CCN(Cc1ccc(Cl)s1)C(=O)c1n[nH]c(C)c1N. The molecule has 1 amide bonds. The lowest BCUT2D eigenvalue weighted by Gasteiger charge is -2.19. The second kappa shape index (κ2) is 6.11. The molecule has 0 aromatic carbocycles. The standard InChI is InChI=1S/C13H15ClN4OS/c1-3-6-18(7-9-4-5-10(14)20-9)13(19)12-11(15)8(2)16-17-12/h3-5H,1,6-7,15H2,2H3,(H,16,17). The van der Waals surface area contributed by atoms with Crippen LogP contribution in [0.2, 0.25) is 4.34 Å². The van der Waals surface area contributed by atoms with Crippen LogP contribution in [0.1, 0.15) is 21.1 Å². The number of nitrogen functional groups attached to an aromatic ring is 1. The van der Waals surface area contributed by atoms with E-state index in [1.165, 1.54) is 11.3 Å². The van der Waals surface area contributed by atoms with Gasteiger partial charge in [-0.3, -0.25) is 9.89 Å². The number of carbonyl (C=O) groups is 1. The molecule has 0 saturated carbocycles. The van der Waals surface area contributed by atoms with Gasteiger partial charge in [-0.15, -0.1) is 17.9 Å². The maximum Gasteiger partial charge on any atom is 0.277 e. The number of hydrogen-bond donors (Lipinski definition) is 2. The highest BCUT2D eigenvalue weighted by molar-refractivity contribution is 7.16. The highest BCUT2D eigenvalue weighted by atomic mass is 35.5. The summed E-state index contributed by atoms with van der Waals surface area (Å²) in [5, 5.41) is 6.68. The first-order valence-electron chi connectivity index (χ1n) is 5.97. The molecule has 106 valence electrons. The molecular weight excluding hydrogens is 296 g/mol. The van der Waals surface area contributed by atoms with Crippen molar-refractivity contribution in [2.24, 2.45) is 0 Å². The molecule has 0 spiro atoms. The molecule has 0 aliphatic rings. The molecule has 0 aliphatic carbocycles. The van der Waals surface area contributed by atoms with Gasteiger partial charge in [0.2, 0.25) is 0 Å². The normalized spacial score (nSPS) is 10.5. The van der Waals surface area contributed by atoms with Crippen molar-refractivity contribution in [3.63, 3.8) is 0 Å². The third kappa shape index (κ3) is 3.02. The van der Waals surface area contributed by atoms with Gasteiger partial charge in [-0.2, -0.15) is 5.10 Å². The molecule has 2 aromatic rings. The zero-order valence-electron chi connectivity index (χ0n) is 11.0. The third-order valence-electron chi connectivity index (χ3n) is 2.81. The van der Waals surface area contributed by atoms with Gasteiger partial charge in [-0.05, 0) is 19.1 Å². The number of amides is 1. The van der Waals surface area contributed by atoms with Crippen molar-refractivity contribution >= 4 is 34.5 Å². The van der Waals surface area contributed by atoms with Crippen LogP contribution in [0.15, 0.2) is 24.8 Å². The molecule has 3 N–H and O–H groups in total. The number of anilines is 1. The van der Waals surface area contributed by atoms with Gasteiger partial charge in [0.25, 0.3) is 5.91 Å². The number of nitrogens with one attached hydrogen (secondary N) is 1. The Morgan fingerprint density at radius 1 is 1.65 bits per heavy atom. The second-order valence-corrected chi connectivity index (χ2v) is 6.09. The summed E-state index contributed by atoms with van der Waals surface area (Å²) in [5.74, 6) is -0.226. The van der Waals surface area contributed by atoms with Gasteiger partial charge in [0.15, 0.2) is 5.69 Å². The predicted octanol–water partition coefficient (Wildman–Crippen LogP) is 2.84. The number of nitrogens with zero attached hydrogens (tertiary/aromatic N) is 2. The van der Waals surface area contributed by atoms with Crippen molar-refractivity contribution in [1.82, 2.24) is 15.1 Å². The van der Waals surface area contributed by atoms with Crippen molar-refractivity contribution in [2.45, 2.75) is 13.5 Å². The molecule has 0 unspecified atom stereocenters. The lowest BCUT2D eigenvalue weighted by molar-refractivity contribution is 0.0759. The van der Waals surface area contributed by atoms with E-state index < -0.39 is 0 Å². The molecule has 0 saturated heterocycles. The van der Waals surface area contributed by atoms with Crippen LogP contribution < -0.4 is 5.73 Å². The first kappa shape index (κ1) is 14.6. The zero-order chi connectivity index (χ0) is 14.7. The van der Waals surface area contributed by atoms with Crippen LogP contribution in [0.25, 0.3) is 0 Å². The highest BCUT2D eigenvalue weighted by Gasteiger charge is 2.21. The van der Waals surface area contributed by atoms with Crippen molar-refractivity contribution in [2.75, 3.05) is 12.3 Å². The number of rotatable bonds is 5. The van der Waals surface area contributed by atoms with Gasteiger partial charge in [0, 0.05) is 11.4 Å². The fourth-order valence-electron chi connectivity index (χ4n) is 1.75. The van der Waals surface area contributed by atoms with Crippen molar-refractivity contribution in [3.8, 4) is 0 Å².